The molecule has 4 heteroatoms. The Morgan fingerprint density at radius 2 is 2.09 bits per heavy atom. The molecule has 1 saturated heterocycles. The second-order valence-corrected chi connectivity index (χ2v) is 6.58. The van der Waals surface area contributed by atoms with E-state index in [1.165, 1.54) is 0 Å². The molecule has 0 aliphatic carbocycles. The Kier molecular flexibility index (Phi) is 6.25. The Balaban J connectivity index is 1.81. The summed E-state index contributed by atoms with van der Waals surface area (Å²) >= 11 is 0. The lowest BCUT2D eigenvalue weighted by Gasteiger charge is -2.30. The molecule has 2 N–H and O–H groups in total. The average molecular weight is 304 g/mol. The zero-order valence-corrected chi connectivity index (χ0v) is 13.9. The molecule has 4 nitrogen and oxygen atoms in total. The SMILES string of the molecule is CC(C)COc1ccc(CC(=O)NC2CCCNC2C)cc1. The lowest BCUT2D eigenvalue weighted by Crippen LogP contribution is -2.52. The Labute approximate surface area is 133 Å². The molecule has 0 bridgehead atoms. The highest BCUT2D eigenvalue weighted by atomic mass is 16.5. The summed E-state index contributed by atoms with van der Waals surface area (Å²) in [6, 6.07) is 8.42. The van der Waals surface area contributed by atoms with Gasteiger partial charge in [0.25, 0.3) is 0 Å². The second kappa shape index (κ2) is 8.18. The fraction of sp³-hybridized carbons (Fsp3) is 0.611. The van der Waals surface area contributed by atoms with Crippen molar-refractivity contribution < 1.29 is 9.53 Å². The van der Waals surface area contributed by atoms with E-state index in [9.17, 15) is 4.79 Å². The molecule has 1 aliphatic heterocycles. The number of hydrogen-bond donors (Lipinski definition) is 2. The average Bonchev–Trinajstić information content (AvgIpc) is 2.49. The minimum atomic E-state index is 0.0939. The van der Waals surface area contributed by atoms with E-state index < -0.39 is 0 Å². The molecule has 1 fully saturated rings. The van der Waals surface area contributed by atoms with Crippen LogP contribution in [-0.4, -0.2) is 31.1 Å². The Hall–Kier alpha value is -1.55. The van der Waals surface area contributed by atoms with E-state index in [0.29, 0.717) is 25.0 Å². The molecule has 0 aromatic heterocycles. The maximum atomic E-state index is 12.2. The molecule has 1 heterocycles. The Morgan fingerprint density at radius 3 is 2.73 bits per heavy atom. The van der Waals surface area contributed by atoms with Crippen molar-refractivity contribution in [2.24, 2.45) is 5.92 Å². The van der Waals surface area contributed by atoms with Crippen LogP contribution in [-0.2, 0) is 11.2 Å². The van der Waals surface area contributed by atoms with Gasteiger partial charge in [0, 0.05) is 12.1 Å². The third kappa shape index (κ3) is 5.34. The largest absolute Gasteiger partial charge is 0.493 e. The summed E-state index contributed by atoms with van der Waals surface area (Å²) in [6.07, 6.45) is 2.60. The first-order chi connectivity index (χ1) is 10.5. The van der Waals surface area contributed by atoms with Gasteiger partial charge in [-0.15, -0.1) is 0 Å². The van der Waals surface area contributed by atoms with Gasteiger partial charge in [0.15, 0.2) is 0 Å². The van der Waals surface area contributed by atoms with Crippen LogP contribution in [0.5, 0.6) is 5.75 Å². The van der Waals surface area contributed by atoms with Gasteiger partial charge in [0.05, 0.1) is 13.0 Å². The lowest BCUT2D eigenvalue weighted by atomic mass is 9.99. The van der Waals surface area contributed by atoms with E-state index >= 15 is 0 Å². The van der Waals surface area contributed by atoms with Gasteiger partial charge in [-0.2, -0.15) is 0 Å². The highest BCUT2D eigenvalue weighted by molar-refractivity contribution is 5.79. The van der Waals surface area contributed by atoms with E-state index in [0.717, 1.165) is 30.7 Å². The third-order valence-corrected chi connectivity index (χ3v) is 3.98. The number of carbonyl (C=O) groups excluding carboxylic acids is 1. The number of carbonyl (C=O) groups is 1. The Bertz CT molecular complexity index is 470. The van der Waals surface area contributed by atoms with E-state index in [1.807, 2.05) is 24.3 Å². The van der Waals surface area contributed by atoms with Crippen LogP contribution in [0.1, 0.15) is 39.2 Å². The van der Waals surface area contributed by atoms with Crippen LogP contribution in [0.3, 0.4) is 0 Å². The Morgan fingerprint density at radius 1 is 1.36 bits per heavy atom. The van der Waals surface area contributed by atoms with Crippen molar-refractivity contribution >= 4 is 5.91 Å². The van der Waals surface area contributed by atoms with Gasteiger partial charge in [0.1, 0.15) is 5.75 Å². The number of nitrogens with one attached hydrogen (secondary N) is 2. The van der Waals surface area contributed by atoms with Crippen molar-refractivity contribution in [3.8, 4) is 5.75 Å². The number of rotatable bonds is 6. The van der Waals surface area contributed by atoms with Gasteiger partial charge >= 0.3 is 0 Å². The summed E-state index contributed by atoms with van der Waals surface area (Å²) in [5, 5.41) is 6.54. The van der Waals surface area contributed by atoms with Crippen molar-refractivity contribution in [3.05, 3.63) is 29.8 Å². The molecular formula is C18H28N2O2. The van der Waals surface area contributed by atoms with Crippen LogP contribution in [0.4, 0.5) is 0 Å². The first kappa shape index (κ1) is 16.8. The van der Waals surface area contributed by atoms with Gasteiger partial charge < -0.3 is 15.4 Å². The van der Waals surface area contributed by atoms with Crippen molar-refractivity contribution in [1.29, 1.82) is 0 Å². The second-order valence-electron chi connectivity index (χ2n) is 6.58. The molecule has 2 atom stereocenters. The van der Waals surface area contributed by atoms with Crippen molar-refractivity contribution in [2.75, 3.05) is 13.2 Å². The number of benzene rings is 1. The maximum Gasteiger partial charge on any atom is 0.224 e. The predicted octanol–water partition coefficient (Wildman–Crippen LogP) is 2.52. The predicted molar refractivity (Wildman–Crippen MR) is 89.1 cm³/mol. The molecule has 22 heavy (non-hydrogen) atoms. The highest BCUT2D eigenvalue weighted by Gasteiger charge is 2.22. The van der Waals surface area contributed by atoms with Crippen molar-refractivity contribution in [1.82, 2.24) is 10.6 Å². The van der Waals surface area contributed by atoms with Gasteiger partial charge in [-0.1, -0.05) is 26.0 Å². The number of hydrogen-bond acceptors (Lipinski definition) is 3. The van der Waals surface area contributed by atoms with E-state index in [1.54, 1.807) is 0 Å². The first-order valence-corrected chi connectivity index (χ1v) is 8.29. The van der Waals surface area contributed by atoms with Crippen LogP contribution in [0.2, 0.25) is 0 Å². The van der Waals surface area contributed by atoms with Gasteiger partial charge in [-0.25, -0.2) is 0 Å². The summed E-state index contributed by atoms with van der Waals surface area (Å²) in [6.45, 7) is 8.14. The monoisotopic (exact) mass is 304 g/mol. The van der Waals surface area contributed by atoms with Gasteiger partial charge in [-0.3, -0.25) is 4.79 Å². The fourth-order valence-electron chi connectivity index (χ4n) is 2.65. The van der Waals surface area contributed by atoms with Crippen molar-refractivity contribution in [3.63, 3.8) is 0 Å². The molecule has 2 unspecified atom stereocenters. The zero-order valence-electron chi connectivity index (χ0n) is 13.9. The van der Waals surface area contributed by atoms with E-state index in [4.69, 9.17) is 4.74 Å². The summed E-state index contributed by atoms with van der Waals surface area (Å²) < 4.78 is 5.65. The minimum Gasteiger partial charge on any atom is -0.493 e. The molecule has 1 aliphatic rings. The molecule has 0 saturated carbocycles. The van der Waals surface area contributed by atoms with Gasteiger partial charge in [-0.05, 0) is 49.9 Å². The molecule has 1 aromatic rings. The van der Waals surface area contributed by atoms with Crippen LogP contribution >= 0.6 is 0 Å². The van der Waals surface area contributed by atoms with E-state index in [-0.39, 0.29) is 11.9 Å². The fourth-order valence-corrected chi connectivity index (χ4v) is 2.65. The quantitative estimate of drug-likeness (QED) is 0.849. The van der Waals surface area contributed by atoms with E-state index in [2.05, 4.69) is 31.4 Å². The van der Waals surface area contributed by atoms with Crippen LogP contribution in [0.25, 0.3) is 0 Å². The number of amides is 1. The maximum absolute atomic E-state index is 12.2. The van der Waals surface area contributed by atoms with Crippen LogP contribution in [0.15, 0.2) is 24.3 Å². The highest BCUT2D eigenvalue weighted by Crippen LogP contribution is 2.14. The number of piperidine rings is 1. The molecular weight excluding hydrogens is 276 g/mol. The van der Waals surface area contributed by atoms with Crippen LogP contribution < -0.4 is 15.4 Å². The summed E-state index contributed by atoms with van der Waals surface area (Å²) in [4.78, 5) is 12.2. The smallest absolute Gasteiger partial charge is 0.224 e. The molecule has 1 aromatic carbocycles. The molecule has 122 valence electrons. The summed E-state index contributed by atoms with van der Waals surface area (Å²) in [7, 11) is 0. The molecule has 0 radical (unpaired) electrons. The molecule has 2 rings (SSSR count). The third-order valence-electron chi connectivity index (χ3n) is 3.98. The molecule has 1 amide bonds. The first-order valence-electron chi connectivity index (χ1n) is 8.29. The summed E-state index contributed by atoms with van der Waals surface area (Å²) in [5.74, 6) is 1.47. The molecule has 0 spiro atoms. The zero-order chi connectivity index (χ0) is 15.9. The van der Waals surface area contributed by atoms with Crippen molar-refractivity contribution in [2.45, 2.75) is 52.1 Å². The minimum absolute atomic E-state index is 0.0939. The normalized spacial score (nSPS) is 21.6. The lowest BCUT2D eigenvalue weighted by molar-refractivity contribution is -0.121. The standard InChI is InChI=1S/C18H28N2O2/c1-13(2)12-22-16-8-6-15(7-9-16)11-18(21)20-17-5-4-10-19-14(17)3/h6-9,13-14,17,19H,4-5,10-12H2,1-3H3,(H,20,21). The summed E-state index contributed by atoms with van der Waals surface area (Å²) in [5.41, 5.74) is 1.02. The van der Waals surface area contributed by atoms with Crippen LogP contribution in [0, 0.1) is 5.92 Å². The topological polar surface area (TPSA) is 50.4 Å². The number of ether oxygens (including phenoxy) is 1. The van der Waals surface area contributed by atoms with Gasteiger partial charge in [0.2, 0.25) is 5.91 Å².